The van der Waals surface area contributed by atoms with Crippen molar-refractivity contribution in [3.8, 4) is 34.5 Å². The van der Waals surface area contributed by atoms with Crippen LogP contribution < -0.4 is 33.4 Å². The summed E-state index contributed by atoms with van der Waals surface area (Å²) >= 11 is 1.54. The Bertz CT molecular complexity index is 3000. The summed E-state index contributed by atoms with van der Waals surface area (Å²) in [4.78, 5) is 81.6. The molecule has 2 saturated carbocycles. The minimum absolute atomic E-state index is 0.248. The van der Waals surface area contributed by atoms with Crippen LogP contribution in [0.5, 0.6) is 34.5 Å². The van der Waals surface area contributed by atoms with Crippen molar-refractivity contribution in [2.45, 2.75) is 161 Å². The molecule has 0 amide bonds. The lowest BCUT2D eigenvalue weighted by Gasteiger charge is -2.26. The lowest BCUT2D eigenvalue weighted by Crippen LogP contribution is -2.30. The zero-order valence-corrected chi connectivity index (χ0v) is 51.9. The van der Waals surface area contributed by atoms with Crippen LogP contribution in [0.1, 0.15) is 167 Å². The maximum atomic E-state index is 14.0. The molecule has 0 bridgehead atoms. The molecule has 0 saturated heterocycles. The van der Waals surface area contributed by atoms with E-state index in [1.807, 2.05) is 29.3 Å². The number of ether oxygens (including phenoxy) is 8. The van der Waals surface area contributed by atoms with Gasteiger partial charge < -0.3 is 37.9 Å². The third-order valence-corrected chi connectivity index (χ3v) is 16.8. The van der Waals surface area contributed by atoms with Crippen molar-refractivity contribution in [3.05, 3.63) is 122 Å². The Morgan fingerprint density at radius 2 is 0.909 bits per heavy atom. The molecular formula is C70H87N3O14S. The second kappa shape index (κ2) is 37.7. The number of fused-ring (bicyclic) bond motifs is 1. The van der Waals surface area contributed by atoms with Crippen LogP contribution in [0.15, 0.2) is 121 Å². The number of nitrogens with zero attached hydrogens (tertiary/aromatic N) is 3. The number of anilines is 1. The fraction of sp³-hybridized carbons (Fsp3) is 0.486. The highest BCUT2D eigenvalue weighted by Crippen LogP contribution is 2.36. The van der Waals surface area contributed by atoms with Gasteiger partial charge in [-0.25, -0.2) is 19.6 Å². The van der Waals surface area contributed by atoms with E-state index in [9.17, 15) is 28.8 Å². The Balaban J connectivity index is 0.885. The Kier molecular flexibility index (Phi) is 29.0. The minimum Gasteiger partial charge on any atom is -0.494 e. The Morgan fingerprint density at radius 3 is 1.38 bits per heavy atom. The minimum atomic E-state index is -0.458. The molecule has 17 nitrogen and oxygen atoms in total. The number of rotatable bonds is 38. The highest BCUT2D eigenvalue weighted by Gasteiger charge is 2.34. The van der Waals surface area contributed by atoms with Crippen LogP contribution in [-0.2, 0) is 38.2 Å². The number of carbonyl (C=O) groups is 6. The molecule has 5 aromatic rings. The van der Waals surface area contributed by atoms with Gasteiger partial charge in [-0.2, -0.15) is 5.10 Å². The molecule has 18 heteroatoms. The molecule has 4 aromatic carbocycles. The standard InChI is InChI=1S/C70H87N3O14S/c1-4-7-8-19-44-73(70-72-61-24-17-18-25-63(61)88-70)71-50-55-49-60(86-68(78)53-28-26-51(27-29-53)66(76)84-58-38-34-56(35-39-58)80-45-20-13-9-11-15-22-47-82-64(74)5-2)42-43-62(55)87-69(79)54-32-30-52(31-33-54)67(77)85-59-40-36-57(37-41-59)81-46-21-14-10-12-16-23-48-83-65(75)6-3/h5-6,17-18,24-25,34-43,49-54H,2-4,7-16,19-23,26-33,44-48H2,1H3. The highest BCUT2D eigenvalue weighted by molar-refractivity contribution is 7.22. The average Bonchev–Trinajstić information content (AvgIpc) is 3.09. The van der Waals surface area contributed by atoms with E-state index in [1.54, 1.807) is 84.3 Å². The van der Waals surface area contributed by atoms with Crippen LogP contribution >= 0.6 is 11.3 Å². The predicted octanol–water partition coefficient (Wildman–Crippen LogP) is 15.2. The number of benzene rings is 4. The third-order valence-electron chi connectivity index (χ3n) is 15.8. The van der Waals surface area contributed by atoms with Gasteiger partial charge in [0.05, 0.1) is 66.5 Å². The molecule has 1 aromatic heterocycles. The third kappa shape index (κ3) is 23.3. The van der Waals surface area contributed by atoms with Crippen molar-refractivity contribution in [1.82, 2.24) is 4.98 Å². The number of carbonyl (C=O) groups excluding carboxylic acids is 6. The van der Waals surface area contributed by atoms with E-state index >= 15 is 0 Å². The molecule has 0 radical (unpaired) electrons. The van der Waals surface area contributed by atoms with Gasteiger partial charge in [-0.15, -0.1) is 0 Å². The quantitative estimate of drug-likeness (QED) is 0.00900. The number of aromatic nitrogens is 1. The molecule has 0 spiro atoms. The number of hydrazone groups is 1. The van der Waals surface area contributed by atoms with E-state index in [0.29, 0.717) is 113 Å². The summed E-state index contributed by atoms with van der Waals surface area (Å²) in [7, 11) is 0. The molecule has 88 heavy (non-hydrogen) atoms. The fourth-order valence-electron chi connectivity index (χ4n) is 10.6. The maximum Gasteiger partial charge on any atom is 0.330 e. The van der Waals surface area contributed by atoms with Crippen LogP contribution in [0.4, 0.5) is 5.13 Å². The molecule has 0 unspecified atom stereocenters. The summed E-state index contributed by atoms with van der Waals surface area (Å²) in [5, 5.41) is 7.53. The molecule has 2 aliphatic rings. The van der Waals surface area contributed by atoms with Gasteiger partial charge in [0.25, 0.3) is 0 Å². The molecule has 0 aliphatic heterocycles. The summed E-state index contributed by atoms with van der Waals surface area (Å²) < 4.78 is 46.6. The van der Waals surface area contributed by atoms with Gasteiger partial charge in [0.15, 0.2) is 0 Å². The van der Waals surface area contributed by atoms with Crippen LogP contribution in [0.2, 0.25) is 0 Å². The lowest BCUT2D eigenvalue weighted by atomic mass is 9.82. The van der Waals surface area contributed by atoms with Crippen LogP contribution in [0.3, 0.4) is 0 Å². The lowest BCUT2D eigenvalue weighted by molar-refractivity contribution is -0.145. The first-order valence-electron chi connectivity index (χ1n) is 31.7. The van der Waals surface area contributed by atoms with Crippen molar-refractivity contribution in [2.24, 2.45) is 28.8 Å². The summed E-state index contributed by atoms with van der Waals surface area (Å²) in [6.07, 6.45) is 23.5. The first-order chi connectivity index (χ1) is 43.0. The molecular weight excluding hydrogens is 1140 g/mol. The molecule has 2 fully saturated rings. The second-order valence-corrected chi connectivity index (χ2v) is 23.5. The molecule has 472 valence electrons. The molecule has 2 aliphatic carbocycles. The smallest absolute Gasteiger partial charge is 0.330 e. The van der Waals surface area contributed by atoms with Crippen molar-refractivity contribution < 1.29 is 66.7 Å². The molecule has 1 heterocycles. The molecule has 7 rings (SSSR count). The zero-order valence-electron chi connectivity index (χ0n) is 51.1. The van der Waals surface area contributed by atoms with Gasteiger partial charge in [-0.3, -0.25) is 19.2 Å². The number of para-hydroxylation sites is 1. The van der Waals surface area contributed by atoms with E-state index in [2.05, 4.69) is 20.1 Å². The van der Waals surface area contributed by atoms with Gasteiger partial charge in [0.2, 0.25) is 5.13 Å². The summed E-state index contributed by atoms with van der Waals surface area (Å²) in [6.45, 7) is 11.6. The SMILES string of the molecule is C=CC(=O)OCCCCCCCCOc1ccc(OC(=O)C2CCC(C(=O)Oc3ccc(OC(=O)C4CCC(C(=O)Oc5ccc(OCCCCCCCCOC(=O)C=C)cc5)CC4)c(C=NN(CCCCCC)c4nc5ccccc5s4)c3)CC2)cc1. The molecule has 0 N–H and O–H groups in total. The van der Waals surface area contributed by atoms with E-state index in [4.69, 9.17) is 48.0 Å². The van der Waals surface area contributed by atoms with Gasteiger partial charge in [-0.1, -0.05) is 114 Å². The van der Waals surface area contributed by atoms with E-state index in [0.717, 1.165) is 118 Å². The largest absolute Gasteiger partial charge is 0.494 e. The number of esters is 6. The van der Waals surface area contributed by atoms with Gasteiger partial charge in [-0.05, 0) is 162 Å². The number of hydrogen-bond acceptors (Lipinski definition) is 18. The Morgan fingerprint density at radius 1 is 0.500 bits per heavy atom. The number of unbranched alkanes of at least 4 members (excludes halogenated alkanes) is 13. The van der Waals surface area contributed by atoms with Gasteiger partial charge in [0, 0.05) is 24.3 Å². The maximum absolute atomic E-state index is 14.0. The topological polar surface area (TPSA) is 205 Å². The Labute approximate surface area is 522 Å². The van der Waals surface area contributed by atoms with E-state index in [1.165, 1.54) is 12.2 Å². The first-order valence-corrected chi connectivity index (χ1v) is 32.5. The number of thiazole rings is 1. The van der Waals surface area contributed by atoms with Crippen molar-refractivity contribution >= 4 is 68.7 Å². The van der Waals surface area contributed by atoms with Crippen LogP contribution in [0, 0.1) is 23.7 Å². The monoisotopic (exact) mass is 1230 g/mol. The first kappa shape index (κ1) is 67.6. The number of hydrogen-bond donors (Lipinski definition) is 0. The highest BCUT2D eigenvalue weighted by atomic mass is 32.1. The van der Waals surface area contributed by atoms with Crippen LogP contribution in [0.25, 0.3) is 10.2 Å². The Hall–Kier alpha value is -7.86. The van der Waals surface area contributed by atoms with Crippen molar-refractivity contribution in [2.75, 3.05) is 38.0 Å². The zero-order chi connectivity index (χ0) is 62.1. The predicted molar refractivity (Wildman–Crippen MR) is 340 cm³/mol. The molecule has 0 atom stereocenters. The second-order valence-electron chi connectivity index (χ2n) is 22.5. The van der Waals surface area contributed by atoms with Gasteiger partial charge >= 0.3 is 35.8 Å². The van der Waals surface area contributed by atoms with Crippen molar-refractivity contribution in [3.63, 3.8) is 0 Å². The summed E-state index contributed by atoms with van der Waals surface area (Å²) in [5.74, 6) is -1.19. The van der Waals surface area contributed by atoms with Crippen LogP contribution in [-0.4, -0.2) is 80.0 Å². The van der Waals surface area contributed by atoms with E-state index < -0.39 is 23.8 Å². The normalized spacial score (nSPS) is 16.5. The van der Waals surface area contributed by atoms with Gasteiger partial charge in [0.1, 0.15) is 34.5 Å². The van der Waals surface area contributed by atoms with Crippen molar-refractivity contribution in [1.29, 1.82) is 0 Å². The average molecular weight is 1230 g/mol. The van der Waals surface area contributed by atoms with E-state index in [-0.39, 0.29) is 47.2 Å². The summed E-state index contributed by atoms with van der Waals surface area (Å²) in [6, 6.07) is 26.9. The fourth-order valence-corrected chi connectivity index (χ4v) is 11.5. The summed E-state index contributed by atoms with van der Waals surface area (Å²) in [5.41, 5.74) is 1.30.